The van der Waals surface area contributed by atoms with Crippen LogP contribution in [-0.4, -0.2) is 51.9 Å². The zero-order chi connectivity index (χ0) is 21.4. The predicted molar refractivity (Wildman–Crippen MR) is 122 cm³/mol. The van der Waals surface area contributed by atoms with Gasteiger partial charge in [0.25, 0.3) is 0 Å². The molecule has 0 bridgehead atoms. The first-order chi connectivity index (χ1) is 14.7. The molecular formula is C23H38N4O3. The molecule has 168 valence electrons. The quantitative estimate of drug-likeness (QED) is 0.276. The maximum absolute atomic E-state index is 12.5. The molecule has 0 unspecified atom stereocenters. The molecule has 0 radical (unpaired) electrons. The Balaban J connectivity index is 1.80. The lowest BCUT2D eigenvalue weighted by atomic mass is 9.88. The number of hydrogen-bond donors (Lipinski definition) is 3. The van der Waals surface area contributed by atoms with Gasteiger partial charge in [-0.1, -0.05) is 31.4 Å². The van der Waals surface area contributed by atoms with E-state index in [1.54, 1.807) is 7.11 Å². The highest BCUT2D eigenvalue weighted by molar-refractivity contribution is 5.92. The van der Waals surface area contributed by atoms with E-state index in [1.165, 1.54) is 6.42 Å². The normalized spacial score (nSPS) is 15.1. The second-order valence-electron chi connectivity index (χ2n) is 7.61. The average Bonchev–Trinajstić information content (AvgIpc) is 2.77. The van der Waals surface area contributed by atoms with Crippen LogP contribution in [0.5, 0.6) is 0 Å². The number of ether oxygens (including phenoxy) is 2. The van der Waals surface area contributed by atoms with E-state index in [-0.39, 0.29) is 11.8 Å². The maximum atomic E-state index is 12.5. The van der Waals surface area contributed by atoms with Crippen molar-refractivity contribution in [3.63, 3.8) is 0 Å². The summed E-state index contributed by atoms with van der Waals surface area (Å²) < 4.78 is 10.4. The van der Waals surface area contributed by atoms with E-state index in [9.17, 15) is 4.79 Å². The lowest BCUT2D eigenvalue weighted by Crippen LogP contribution is -2.38. The molecule has 0 heterocycles. The molecule has 1 aromatic carbocycles. The van der Waals surface area contributed by atoms with E-state index < -0.39 is 0 Å². The Morgan fingerprint density at radius 3 is 2.73 bits per heavy atom. The Bertz CT molecular complexity index is 645. The number of methoxy groups -OCH3 is 1. The van der Waals surface area contributed by atoms with Crippen LogP contribution in [0.1, 0.15) is 51.0 Å². The molecule has 2 rings (SSSR count). The number of anilines is 1. The summed E-state index contributed by atoms with van der Waals surface area (Å²) in [6.07, 6.45) is 6.48. The summed E-state index contributed by atoms with van der Waals surface area (Å²) in [4.78, 5) is 17.1. The summed E-state index contributed by atoms with van der Waals surface area (Å²) >= 11 is 0. The van der Waals surface area contributed by atoms with E-state index in [2.05, 4.69) is 20.9 Å². The average molecular weight is 419 g/mol. The molecule has 0 aliphatic heterocycles. The molecule has 0 saturated heterocycles. The van der Waals surface area contributed by atoms with Gasteiger partial charge in [0.05, 0.1) is 19.8 Å². The van der Waals surface area contributed by atoms with Gasteiger partial charge in [0.1, 0.15) is 0 Å². The van der Waals surface area contributed by atoms with Crippen LogP contribution in [0, 0.1) is 5.92 Å². The molecule has 1 saturated carbocycles. The monoisotopic (exact) mass is 418 g/mol. The van der Waals surface area contributed by atoms with E-state index in [1.807, 2.05) is 31.2 Å². The fraction of sp³-hybridized carbons (Fsp3) is 0.652. The summed E-state index contributed by atoms with van der Waals surface area (Å²) in [6, 6.07) is 7.96. The number of carbonyl (C=O) groups is 1. The number of hydrogen-bond acceptors (Lipinski definition) is 4. The lowest BCUT2D eigenvalue weighted by Gasteiger charge is -2.20. The van der Waals surface area contributed by atoms with Crippen LogP contribution in [0.3, 0.4) is 0 Å². The third kappa shape index (κ3) is 9.59. The minimum atomic E-state index is 0.151. The van der Waals surface area contributed by atoms with Crippen molar-refractivity contribution in [2.45, 2.75) is 52.0 Å². The van der Waals surface area contributed by atoms with Crippen molar-refractivity contribution in [1.29, 1.82) is 0 Å². The van der Waals surface area contributed by atoms with Crippen molar-refractivity contribution in [2.24, 2.45) is 10.9 Å². The second kappa shape index (κ2) is 14.8. The van der Waals surface area contributed by atoms with E-state index in [4.69, 9.17) is 9.47 Å². The fourth-order valence-corrected chi connectivity index (χ4v) is 3.49. The molecule has 7 nitrogen and oxygen atoms in total. The first-order valence-corrected chi connectivity index (χ1v) is 11.2. The standard InChI is InChI=1S/C23H38N4O3/c1-3-24-23(25-13-8-14-30-16-15-29-2)26-18-19-9-7-12-21(17-19)27-22(28)20-10-5-4-6-11-20/h7,9,12,17,20H,3-6,8,10-11,13-16,18H2,1-2H3,(H,27,28)(H2,24,25,26). The first-order valence-electron chi connectivity index (χ1n) is 11.2. The van der Waals surface area contributed by atoms with Crippen molar-refractivity contribution >= 4 is 17.6 Å². The van der Waals surface area contributed by atoms with Gasteiger partial charge < -0.3 is 25.4 Å². The largest absolute Gasteiger partial charge is 0.382 e. The van der Waals surface area contributed by atoms with Gasteiger partial charge in [-0.25, -0.2) is 4.99 Å². The van der Waals surface area contributed by atoms with Gasteiger partial charge >= 0.3 is 0 Å². The lowest BCUT2D eigenvalue weighted by molar-refractivity contribution is -0.120. The SMILES string of the molecule is CCNC(=NCc1cccc(NC(=O)C2CCCCC2)c1)NCCCOCCOC. The number of benzene rings is 1. The molecular weight excluding hydrogens is 380 g/mol. The van der Waals surface area contributed by atoms with Gasteiger partial charge in [0.15, 0.2) is 5.96 Å². The number of nitrogens with zero attached hydrogens (tertiary/aromatic N) is 1. The summed E-state index contributed by atoms with van der Waals surface area (Å²) in [5, 5.41) is 9.68. The zero-order valence-corrected chi connectivity index (χ0v) is 18.5. The third-order valence-corrected chi connectivity index (χ3v) is 5.12. The fourth-order valence-electron chi connectivity index (χ4n) is 3.49. The second-order valence-corrected chi connectivity index (χ2v) is 7.61. The van der Waals surface area contributed by atoms with Crippen molar-refractivity contribution in [3.8, 4) is 0 Å². The van der Waals surface area contributed by atoms with Crippen molar-refractivity contribution < 1.29 is 14.3 Å². The van der Waals surface area contributed by atoms with Crippen LogP contribution in [0.25, 0.3) is 0 Å². The van der Waals surface area contributed by atoms with Crippen LogP contribution in [-0.2, 0) is 20.8 Å². The molecule has 3 N–H and O–H groups in total. The molecule has 1 aliphatic rings. The van der Waals surface area contributed by atoms with Gasteiger partial charge in [-0.3, -0.25) is 4.79 Å². The summed E-state index contributed by atoms with van der Waals surface area (Å²) in [5.74, 6) is 1.09. The van der Waals surface area contributed by atoms with E-state index in [0.717, 1.165) is 62.4 Å². The van der Waals surface area contributed by atoms with Gasteiger partial charge in [0.2, 0.25) is 5.91 Å². The van der Waals surface area contributed by atoms with Crippen LogP contribution in [0.2, 0.25) is 0 Å². The Hall–Kier alpha value is -2.12. The minimum Gasteiger partial charge on any atom is -0.382 e. The molecule has 30 heavy (non-hydrogen) atoms. The molecule has 1 amide bonds. The maximum Gasteiger partial charge on any atom is 0.227 e. The number of carbonyl (C=O) groups excluding carboxylic acids is 1. The Kier molecular flexibility index (Phi) is 11.9. The van der Waals surface area contributed by atoms with Gasteiger partial charge in [-0.15, -0.1) is 0 Å². The number of aliphatic imine (C=N–C) groups is 1. The number of guanidine groups is 1. The molecule has 1 fully saturated rings. The Morgan fingerprint density at radius 2 is 1.97 bits per heavy atom. The first kappa shape index (κ1) is 24.2. The number of amides is 1. The minimum absolute atomic E-state index is 0.151. The van der Waals surface area contributed by atoms with Crippen molar-refractivity contribution in [3.05, 3.63) is 29.8 Å². The molecule has 1 aliphatic carbocycles. The van der Waals surface area contributed by atoms with Crippen LogP contribution in [0.4, 0.5) is 5.69 Å². The molecule has 0 spiro atoms. The summed E-state index contributed by atoms with van der Waals surface area (Å²) in [5.41, 5.74) is 1.92. The van der Waals surface area contributed by atoms with E-state index >= 15 is 0 Å². The number of rotatable bonds is 12. The van der Waals surface area contributed by atoms with Crippen molar-refractivity contribution in [2.75, 3.05) is 45.3 Å². The molecule has 7 heteroatoms. The molecule has 0 atom stereocenters. The van der Waals surface area contributed by atoms with Crippen LogP contribution < -0.4 is 16.0 Å². The Morgan fingerprint density at radius 1 is 1.13 bits per heavy atom. The van der Waals surface area contributed by atoms with Crippen LogP contribution in [0.15, 0.2) is 29.3 Å². The topological polar surface area (TPSA) is 84.0 Å². The predicted octanol–water partition coefficient (Wildman–Crippen LogP) is 3.31. The number of nitrogens with one attached hydrogen (secondary N) is 3. The smallest absolute Gasteiger partial charge is 0.227 e. The van der Waals surface area contributed by atoms with Gasteiger partial charge in [0, 0.05) is 38.4 Å². The van der Waals surface area contributed by atoms with Crippen LogP contribution >= 0.6 is 0 Å². The Labute approximate surface area is 181 Å². The van der Waals surface area contributed by atoms with Crippen molar-refractivity contribution in [1.82, 2.24) is 10.6 Å². The highest BCUT2D eigenvalue weighted by Gasteiger charge is 2.20. The third-order valence-electron chi connectivity index (χ3n) is 5.12. The van der Waals surface area contributed by atoms with E-state index in [0.29, 0.717) is 26.4 Å². The molecule has 0 aromatic heterocycles. The van der Waals surface area contributed by atoms with Gasteiger partial charge in [-0.2, -0.15) is 0 Å². The van der Waals surface area contributed by atoms with Gasteiger partial charge in [-0.05, 0) is 43.9 Å². The molecule has 1 aromatic rings. The zero-order valence-electron chi connectivity index (χ0n) is 18.5. The summed E-state index contributed by atoms with van der Waals surface area (Å²) in [7, 11) is 1.67. The highest BCUT2D eigenvalue weighted by Crippen LogP contribution is 2.25. The summed E-state index contributed by atoms with van der Waals surface area (Å²) in [6.45, 7) is 6.12. The highest BCUT2D eigenvalue weighted by atomic mass is 16.5.